The van der Waals surface area contributed by atoms with Crippen LogP contribution in [0, 0.1) is 11.3 Å². The molecule has 0 saturated heterocycles. The van der Waals surface area contributed by atoms with Crippen molar-refractivity contribution in [2.75, 3.05) is 6.61 Å². The second kappa shape index (κ2) is 5.73. The average Bonchev–Trinajstić information content (AvgIpc) is 3.17. The van der Waals surface area contributed by atoms with Crippen molar-refractivity contribution in [2.45, 2.75) is 89.8 Å². The molecule has 0 bridgehead atoms. The summed E-state index contributed by atoms with van der Waals surface area (Å²) in [4.78, 5) is 0. The molecular weight excluding hydrogens is 234 g/mol. The van der Waals surface area contributed by atoms with Gasteiger partial charge >= 0.3 is 0 Å². The van der Waals surface area contributed by atoms with Gasteiger partial charge in [0.25, 0.3) is 0 Å². The molecule has 3 aliphatic carbocycles. The molecule has 19 heavy (non-hydrogen) atoms. The van der Waals surface area contributed by atoms with E-state index in [1.165, 1.54) is 57.8 Å². The Bertz CT molecular complexity index is 298. The summed E-state index contributed by atoms with van der Waals surface area (Å²) >= 11 is 0. The van der Waals surface area contributed by atoms with Crippen LogP contribution in [0.4, 0.5) is 0 Å². The van der Waals surface area contributed by atoms with Gasteiger partial charge in [-0.2, -0.15) is 0 Å². The van der Waals surface area contributed by atoms with E-state index in [1.54, 1.807) is 0 Å². The van der Waals surface area contributed by atoms with Crippen LogP contribution in [0.2, 0.25) is 0 Å². The third-order valence-electron chi connectivity index (χ3n) is 5.93. The molecule has 0 amide bonds. The van der Waals surface area contributed by atoms with Gasteiger partial charge < -0.3 is 10.1 Å². The lowest BCUT2D eigenvalue weighted by Crippen LogP contribution is -2.65. The first-order valence-corrected chi connectivity index (χ1v) is 8.67. The molecule has 0 aliphatic heterocycles. The lowest BCUT2D eigenvalue weighted by atomic mass is 9.55. The van der Waals surface area contributed by atoms with Gasteiger partial charge in [0.1, 0.15) is 0 Å². The number of ether oxygens (including phenoxy) is 1. The van der Waals surface area contributed by atoms with Gasteiger partial charge in [-0.15, -0.1) is 0 Å². The van der Waals surface area contributed by atoms with Crippen molar-refractivity contribution >= 4 is 0 Å². The molecule has 3 fully saturated rings. The second-order valence-corrected chi connectivity index (χ2v) is 7.08. The summed E-state index contributed by atoms with van der Waals surface area (Å²) in [6.07, 6.45) is 13.1. The Morgan fingerprint density at radius 2 is 1.89 bits per heavy atom. The summed E-state index contributed by atoms with van der Waals surface area (Å²) < 4.78 is 6.04. The summed E-state index contributed by atoms with van der Waals surface area (Å²) in [6.45, 7) is 5.35. The van der Waals surface area contributed by atoms with Crippen LogP contribution in [0.15, 0.2) is 0 Å². The molecule has 2 heteroatoms. The van der Waals surface area contributed by atoms with Gasteiger partial charge in [-0.3, -0.25) is 0 Å². The molecule has 1 spiro atoms. The van der Waals surface area contributed by atoms with Crippen molar-refractivity contribution in [2.24, 2.45) is 11.3 Å². The van der Waals surface area contributed by atoms with E-state index in [2.05, 4.69) is 19.2 Å². The molecule has 2 nitrogen and oxygen atoms in total. The van der Waals surface area contributed by atoms with Crippen molar-refractivity contribution in [1.82, 2.24) is 5.32 Å². The molecule has 3 aliphatic rings. The Labute approximate surface area is 118 Å². The first-order chi connectivity index (χ1) is 9.30. The summed E-state index contributed by atoms with van der Waals surface area (Å²) in [5.74, 6) is 0.983. The minimum Gasteiger partial charge on any atom is -0.378 e. The molecule has 0 aromatic carbocycles. The van der Waals surface area contributed by atoms with Crippen LogP contribution in [-0.4, -0.2) is 24.8 Å². The highest BCUT2D eigenvalue weighted by molar-refractivity contribution is 5.11. The van der Waals surface area contributed by atoms with Crippen LogP contribution in [0.5, 0.6) is 0 Å². The fourth-order valence-electron chi connectivity index (χ4n) is 4.70. The standard InChI is InChI=1S/C17H31NO/c1-3-8-13-11-14(13)18-15-12-16(19-4-2)17(15)9-6-5-7-10-17/h13-16,18H,3-12H2,1-2H3. The molecule has 110 valence electrons. The van der Waals surface area contributed by atoms with Crippen LogP contribution < -0.4 is 5.32 Å². The van der Waals surface area contributed by atoms with Crippen molar-refractivity contribution in [3.8, 4) is 0 Å². The normalized spacial score (nSPS) is 40.1. The molecule has 0 aromatic rings. The Morgan fingerprint density at radius 3 is 2.58 bits per heavy atom. The third kappa shape index (κ3) is 2.58. The van der Waals surface area contributed by atoms with Gasteiger partial charge in [-0.1, -0.05) is 32.6 Å². The lowest BCUT2D eigenvalue weighted by Gasteiger charge is -2.58. The third-order valence-corrected chi connectivity index (χ3v) is 5.93. The number of nitrogens with one attached hydrogen (secondary N) is 1. The Kier molecular flexibility index (Phi) is 4.19. The van der Waals surface area contributed by atoms with Gasteiger partial charge in [0.2, 0.25) is 0 Å². The molecule has 4 unspecified atom stereocenters. The highest BCUT2D eigenvalue weighted by Crippen LogP contribution is 2.54. The average molecular weight is 265 g/mol. The van der Waals surface area contributed by atoms with Crippen LogP contribution in [0.1, 0.15) is 71.6 Å². The van der Waals surface area contributed by atoms with Gasteiger partial charge in [0.05, 0.1) is 6.10 Å². The molecule has 0 aromatic heterocycles. The van der Waals surface area contributed by atoms with Crippen molar-refractivity contribution in [3.05, 3.63) is 0 Å². The fraction of sp³-hybridized carbons (Fsp3) is 1.00. The molecule has 4 atom stereocenters. The topological polar surface area (TPSA) is 21.3 Å². The largest absolute Gasteiger partial charge is 0.378 e. The fourth-order valence-corrected chi connectivity index (χ4v) is 4.70. The van der Waals surface area contributed by atoms with Crippen LogP contribution in [0.25, 0.3) is 0 Å². The van der Waals surface area contributed by atoms with Gasteiger partial charge in [0.15, 0.2) is 0 Å². The second-order valence-electron chi connectivity index (χ2n) is 7.08. The highest BCUT2D eigenvalue weighted by atomic mass is 16.5. The van der Waals surface area contributed by atoms with E-state index < -0.39 is 0 Å². The van der Waals surface area contributed by atoms with E-state index in [1.807, 2.05) is 0 Å². The maximum atomic E-state index is 6.04. The zero-order valence-electron chi connectivity index (χ0n) is 12.8. The molecule has 3 saturated carbocycles. The smallest absolute Gasteiger partial charge is 0.0661 e. The van der Waals surface area contributed by atoms with Gasteiger partial charge in [-0.25, -0.2) is 0 Å². The first kappa shape index (κ1) is 13.9. The van der Waals surface area contributed by atoms with E-state index >= 15 is 0 Å². The Balaban J connectivity index is 1.56. The zero-order valence-corrected chi connectivity index (χ0v) is 12.8. The quantitative estimate of drug-likeness (QED) is 0.786. The van der Waals surface area contributed by atoms with Crippen molar-refractivity contribution in [3.63, 3.8) is 0 Å². The summed E-state index contributed by atoms with van der Waals surface area (Å²) in [7, 11) is 0. The summed E-state index contributed by atoms with van der Waals surface area (Å²) in [5.41, 5.74) is 0.508. The minimum absolute atomic E-state index is 0.508. The number of hydrogen-bond donors (Lipinski definition) is 1. The monoisotopic (exact) mass is 265 g/mol. The van der Waals surface area contributed by atoms with Gasteiger partial charge in [0, 0.05) is 24.1 Å². The van der Waals surface area contributed by atoms with E-state index in [9.17, 15) is 0 Å². The van der Waals surface area contributed by atoms with Crippen molar-refractivity contribution < 1.29 is 4.74 Å². The Hall–Kier alpha value is -0.0800. The summed E-state index contributed by atoms with van der Waals surface area (Å²) in [5, 5.41) is 3.99. The van der Waals surface area contributed by atoms with Gasteiger partial charge in [-0.05, 0) is 44.9 Å². The molecular formula is C17H31NO. The molecule has 0 radical (unpaired) electrons. The predicted octanol–water partition coefficient (Wildman–Crippen LogP) is 3.89. The number of rotatable bonds is 6. The van der Waals surface area contributed by atoms with Crippen LogP contribution in [0.3, 0.4) is 0 Å². The first-order valence-electron chi connectivity index (χ1n) is 8.67. The van der Waals surface area contributed by atoms with E-state index in [0.29, 0.717) is 11.5 Å². The molecule has 3 rings (SSSR count). The van der Waals surface area contributed by atoms with Crippen LogP contribution in [-0.2, 0) is 4.74 Å². The zero-order chi connectivity index (χ0) is 13.3. The lowest BCUT2D eigenvalue weighted by molar-refractivity contribution is -0.150. The number of hydrogen-bond acceptors (Lipinski definition) is 2. The SMILES string of the molecule is CCCC1CC1NC1CC(OCC)C12CCCCC2. The highest BCUT2D eigenvalue weighted by Gasteiger charge is 2.57. The maximum absolute atomic E-state index is 6.04. The summed E-state index contributed by atoms with van der Waals surface area (Å²) in [6, 6.07) is 1.60. The Morgan fingerprint density at radius 1 is 1.11 bits per heavy atom. The van der Waals surface area contributed by atoms with Crippen molar-refractivity contribution in [1.29, 1.82) is 0 Å². The van der Waals surface area contributed by atoms with E-state index in [-0.39, 0.29) is 0 Å². The van der Waals surface area contributed by atoms with E-state index in [4.69, 9.17) is 4.74 Å². The predicted molar refractivity (Wildman–Crippen MR) is 79.3 cm³/mol. The van der Waals surface area contributed by atoms with E-state index in [0.717, 1.165) is 24.6 Å². The molecule has 0 heterocycles. The van der Waals surface area contributed by atoms with Crippen LogP contribution >= 0.6 is 0 Å². The maximum Gasteiger partial charge on any atom is 0.0661 e. The molecule has 1 N–H and O–H groups in total. The minimum atomic E-state index is 0.508.